The lowest BCUT2D eigenvalue weighted by atomic mass is 10.2. The molecule has 2 aromatic rings. The van der Waals surface area contributed by atoms with Gasteiger partial charge in [-0.05, 0) is 56.2 Å². The molecule has 142 valence electrons. The van der Waals surface area contributed by atoms with Crippen LogP contribution in [0.2, 0.25) is 0 Å². The summed E-state index contributed by atoms with van der Waals surface area (Å²) >= 11 is 0. The second-order valence-corrected chi connectivity index (χ2v) is 6.37. The SMILES string of the molecule is C[C@@H](OC(=O)c1ccc(OC[C@H]2CCCO2)cc1)C(=O)Nc1ccccc1. The van der Waals surface area contributed by atoms with E-state index in [2.05, 4.69) is 5.32 Å². The Balaban J connectivity index is 1.48. The molecule has 0 spiro atoms. The molecule has 1 aliphatic heterocycles. The van der Waals surface area contributed by atoms with E-state index in [0.717, 1.165) is 19.4 Å². The van der Waals surface area contributed by atoms with E-state index in [9.17, 15) is 9.59 Å². The minimum absolute atomic E-state index is 0.138. The minimum Gasteiger partial charge on any atom is -0.491 e. The first-order chi connectivity index (χ1) is 13.1. The van der Waals surface area contributed by atoms with E-state index >= 15 is 0 Å². The van der Waals surface area contributed by atoms with Crippen LogP contribution in [0.1, 0.15) is 30.1 Å². The molecule has 3 rings (SSSR count). The summed E-state index contributed by atoms with van der Waals surface area (Å²) in [4.78, 5) is 24.4. The molecule has 1 fully saturated rings. The Kier molecular flexibility index (Phi) is 6.44. The predicted molar refractivity (Wildman–Crippen MR) is 101 cm³/mol. The van der Waals surface area contributed by atoms with Crippen LogP contribution >= 0.6 is 0 Å². The van der Waals surface area contributed by atoms with Crippen molar-refractivity contribution < 1.29 is 23.8 Å². The fraction of sp³-hybridized carbons (Fsp3) is 0.333. The highest BCUT2D eigenvalue weighted by Crippen LogP contribution is 2.17. The van der Waals surface area contributed by atoms with Crippen LogP contribution in [0.5, 0.6) is 5.75 Å². The topological polar surface area (TPSA) is 73.9 Å². The molecule has 1 N–H and O–H groups in total. The highest BCUT2D eigenvalue weighted by atomic mass is 16.5. The molecule has 1 heterocycles. The fourth-order valence-corrected chi connectivity index (χ4v) is 2.70. The number of carbonyl (C=O) groups is 2. The molecule has 6 heteroatoms. The molecule has 0 bridgehead atoms. The van der Waals surface area contributed by atoms with Gasteiger partial charge >= 0.3 is 5.97 Å². The standard InChI is InChI=1S/C21H23NO5/c1-15(20(23)22-17-6-3-2-4-7-17)27-21(24)16-9-11-18(12-10-16)26-14-19-8-5-13-25-19/h2-4,6-7,9-12,15,19H,5,8,13-14H2,1H3,(H,22,23)/t15-,19-/m1/s1. The predicted octanol–water partition coefficient (Wildman–Crippen LogP) is 3.43. The van der Waals surface area contributed by atoms with Crippen molar-refractivity contribution in [3.63, 3.8) is 0 Å². The third-order valence-corrected chi connectivity index (χ3v) is 4.24. The molecule has 6 nitrogen and oxygen atoms in total. The van der Waals surface area contributed by atoms with E-state index in [1.165, 1.54) is 6.92 Å². The number of carbonyl (C=O) groups excluding carboxylic acids is 2. The molecule has 1 amide bonds. The maximum atomic E-state index is 12.2. The van der Waals surface area contributed by atoms with E-state index < -0.39 is 12.1 Å². The maximum Gasteiger partial charge on any atom is 0.338 e. The number of hydrogen-bond donors (Lipinski definition) is 1. The molecule has 0 radical (unpaired) electrons. The summed E-state index contributed by atoms with van der Waals surface area (Å²) < 4.78 is 16.4. The van der Waals surface area contributed by atoms with Gasteiger partial charge in [0.15, 0.2) is 6.10 Å². The Morgan fingerprint density at radius 3 is 2.56 bits per heavy atom. The molecule has 1 aliphatic rings. The molecule has 0 saturated carbocycles. The monoisotopic (exact) mass is 369 g/mol. The summed E-state index contributed by atoms with van der Waals surface area (Å²) in [5.74, 6) is -0.278. The van der Waals surface area contributed by atoms with Crippen LogP contribution in [0.25, 0.3) is 0 Å². The van der Waals surface area contributed by atoms with Crippen molar-refractivity contribution in [1.29, 1.82) is 0 Å². The molecule has 0 aromatic heterocycles. The van der Waals surface area contributed by atoms with Gasteiger partial charge in [-0.25, -0.2) is 4.79 Å². The lowest BCUT2D eigenvalue weighted by Crippen LogP contribution is -2.29. The number of anilines is 1. The zero-order valence-corrected chi connectivity index (χ0v) is 15.2. The van der Waals surface area contributed by atoms with Gasteiger partial charge in [0.25, 0.3) is 5.91 Å². The number of amides is 1. The average molecular weight is 369 g/mol. The van der Waals surface area contributed by atoms with Crippen molar-refractivity contribution >= 4 is 17.6 Å². The number of ether oxygens (including phenoxy) is 3. The third-order valence-electron chi connectivity index (χ3n) is 4.24. The number of rotatable bonds is 7. The van der Waals surface area contributed by atoms with Crippen LogP contribution in [0.15, 0.2) is 54.6 Å². The van der Waals surface area contributed by atoms with E-state index in [0.29, 0.717) is 23.6 Å². The maximum absolute atomic E-state index is 12.2. The Bertz CT molecular complexity index is 754. The van der Waals surface area contributed by atoms with Crippen molar-refractivity contribution in [2.24, 2.45) is 0 Å². The van der Waals surface area contributed by atoms with Crippen LogP contribution in [0.4, 0.5) is 5.69 Å². The van der Waals surface area contributed by atoms with E-state index in [4.69, 9.17) is 14.2 Å². The number of benzene rings is 2. The highest BCUT2D eigenvalue weighted by molar-refractivity contribution is 5.97. The Morgan fingerprint density at radius 1 is 1.15 bits per heavy atom. The van der Waals surface area contributed by atoms with Crippen molar-refractivity contribution in [2.45, 2.75) is 32.0 Å². The number of nitrogens with one attached hydrogen (secondary N) is 1. The van der Waals surface area contributed by atoms with Gasteiger partial charge in [0.1, 0.15) is 12.4 Å². The van der Waals surface area contributed by atoms with Crippen LogP contribution in [-0.4, -0.2) is 37.3 Å². The van der Waals surface area contributed by atoms with Gasteiger partial charge in [-0.3, -0.25) is 4.79 Å². The van der Waals surface area contributed by atoms with Gasteiger partial charge in [0, 0.05) is 12.3 Å². The number of hydrogen-bond acceptors (Lipinski definition) is 5. The second kappa shape index (κ2) is 9.19. The van der Waals surface area contributed by atoms with Gasteiger partial charge in [-0.15, -0.1) is 0 Å². The lowest BCUT2D eigenvalue weighted by Gasteiger charge is -2.14. The number of esters is 1. The summed E-state index contributed by atoms with van der Waals surface area (Å²) in [6.45, 7) is 2.82. The Labute approximate surface area is 158 Å². The van der Waals surface area contributed by atoms with Gasteiger partial charge in [-0.2, -0.15) is 0 Å². The number of para-hydroxylation sites is 1. The van der Waals surface area contributed by atoms with Crippen molar-refractivity contribution in [3.05, 3.63) is 60.2 Å². The van der Waals surface area contributed by atoms with Gasteiger partial charge in [-0.1, -0.05) is 18.2 Å². The van der Waals surface area contributed by atoms with E-state index in [1.807, 2.05) is 18.2 Å². The third kappa shape index (κ3) is 5.56. The summed E-state index contributed by atoms with van der Waals surface area (Å²) in [7, 11) is 0. The first-order valence-electron chi connectivity index (χ1n) is 9.03. The van der Waals surface area contributed by atoms with Crippen molar-refractivity contribution in [2.75, 3.05) is 18.5 Å². The Hall–Kier alpha value is -2.86. The van der Waals surface area contributed by atoms with Crippen LogP contribution < -0.4 is 10.1 Å². The molecule has 0 unspecified atom stereocenters. The van der Waals surface area contributed by atoms with Crippen molar-refractivity contribution in [1.82, 2.24) is 0 Å². The smallest absolute Gasteiger partial charge is 0.338 e. The quantitative estimate of drug-likeness (QED) is 0.757. The van der Waals surface area contributed by atoms with E-state index in [-0.39, 0.29) is 12.0 Å². The fourth-order valence-electron chi connectivity index (χ4n) is 2.70. The normalized spacial score (nSPS) is 17.1. The lowest BCUT2D eigenvalue weighted by molar-refractivity contribution is -0.123. The average Bonchev–Trinajstić information content (AvgIpc) is 3.21. The summed E-state index contributed by atoms with van der Waals surface area (Å²) in [6.07, 6.45) is 1.30. The first-order valence-corrected chi connectivity index (χ1v) is 9.03. The first kappa shape index (κ1) is 18.9. The Morgan fingerprint density at radius 2 is 1.89 bits per heavy atom. The largest absolute Gasteiger partial charge is 0.491 e. The van der Waals surface area contributed by atoms with Crippen LogP contribution in [0, 0.1) is 0 Å². The molecule has 2 atom stereocenters. The zero-order chi connectivity index (χ0) is 19.1. The van der Waals surface area contributed by atoms with Crippen molar-refractivity contribution in [3.8, 4) is 5.75 Å². The molecule has 2 aromatic carbocycles. The summed E-state index contributed by atoms with van der Waals surface area (Å²) in [5.41, 5.74) is 1.01. The second-order valence-electron chi connectivity index (χ2n) is 6.37. The highest BCUT2D eigenvalue weighted by Gasteiger charge is 2.19. The van der Waals surface area contributed by atoms with Gasteiger partial charge < -0.3 is 19.5 Å². The minimum atomic E-state index is -0.909. The summed E-state index contributed by atoms with van der Waals surface area (Å²) in [5, 5.41) is 2.70. The molecular formula is C21H23NO5. The van der Waals surface area contributed by atoms with E-state index in [1.54, 1.807) is 36.4 Å². The van der Waals surface area contributed by atoms with Crippen LogP contribution in [0.3, 0.4) is 0 Å². The van der Waals surface area contributed by atoms with Gasteiger partial charge in [0.05, 0.1) is 11.7 Å². The van der Waals surface area contributed by atoms with Crippen LogP contribution in [-0.2, 0) is 14.3 Å². The molecule has 1 saturated heterocycles. The molecule has 27 heavy (non-hydrogen) atoms. The molecular weight excluding hydrogens is 346 g/mol. The zero-order valence-electron chi connectivity index (χ0n) is 15.2. The molecule has 0 aliphatic carbocycles. The van der Waals surface area contributed by atoms with Gasteiger partial charge in [0.2, 0.25) is 0 Å². The summed E-state index contributed by atoms with van der Waals surface area (Å²) in [6, 6.07) is 15.7.